The van der Waals surface area contributed by atoms with Gasteiger partial charge >= 0.3 is 0 Å². The van der Waals surface area contributed by atoms with E-state index in [-0.39, 0.29) is 24.0 Å². The Kier molecular flexibility index (Phi) is 6.07. The van der Waals surface area contributed by atoms with Crippen LogP contribution in [0.1, 0.15) is 48.8 Å². The third-order valence-corrected chi connectivity index (χ3v) is 6.26. The molecule has 3 aromatic rings. The van der Waals surface area contributed by atoms with Gasteiger partial charge in [0.05, 0.1) is 31.0 Å². The van der Waals surface area contributed by atoms with Crippen molar-refractivity contribution in [2.75, 3.05) is 6.61 Å². The largest absolute Gasteiger partial charge is 0.507 e. The van der Waals surface area contributed by atoms with Crippen LogP contribution in [-0.4, -0.2) is 34.4 Å². The number of ether oxygens (including phenoxy) is 2. The number of benzene rings is 2. The second kappa shape index (κ2) is 9.33. The Morgan fingerprint density at radius 3 is 2.77 bits per heavy atom. The maximum atomic E-state index is 13.3. The summed E-state index contributed by atoms with van der Waals surface area (Å²) < 4.78 is 17.0. The zero-order valence-electron chi connectivity index (χ0n) is 19.7. The van der Waals surface area contributed by atoms with Crippen molar-refractivity contribution in [1.82, 2.24) is 4.90 Å². The molecular formula is C28H27NO6. The van der Waals surface area contributed by atoms with Crippen LogP contribution in [0.15, 0.2) is 70.9 Å². The second-order valence-corrected chi connectivity index (χ2v) is 8.88. The summed E-state index contributed by atoms with van der Waals surface area (Å²) in [6, 6.07) is 15.3. The minimum absolute atomic E-state index is 0.0427. The molecule has 1 amide bonds. The van der Waals surface area contributed by atoms with Crippen molar-refractivity contribution < 1.29 is 28.6 Å². The molecule has 0 unspecified atom stereocenters. The number of nitrogens with zero attached hydrogens (tertiary/aromatic N) is 1. The summed E-state index contributed by atoms with van der Waals surface area (Å²) in [4.78, 5) is 27.9. The lowest BCUT2D eigenvalue weighted by atomic mass is 9.94. The molecule has 180 valence electrons. The summed E-state index contributed by atoms with van der Waals surface area (Å²) in [5, 5.41) is 11.4. The maximum absolute atomic E-state index is 13.3. The second-order valence-electron chi connectivity index (χ2n) is 8.88. The number of fused-ring (bicyclic) bond motifs is 1. The zero-order valence-corrected chi connectivity index (χ0v) is 19.7. The standard InChI is InChI=1S/C28H27NO6/c1-3-11-33-21-7-4-6-18(15-21)25-24(27(31)28(32)29(25)16-22-8-5-12-34-22)26(30)19-9-10-23-20(14-19)13-17(2)35-23/h4-10,12,14-15,17,25,30H,3,11,13,16H2,1-2H3/t17-,25-/m0/s1. The predicted molar refractivity (Wildman–Crippen MR) is 129 cm³/mol. The van der Waals surface area contributed by atoms with Gasteiger partial charge in [0.1, 0.15) is 29.1 Å². The number of hydrogen-bond donors (Lipinski definition) is 1. The van der Waals surface area contributed by atoms with Gasteiger partial charge in [0.2, 0.25) is 0 Å². The molecule has 2 atom stereocenters. The third-order valence-electron chi connectivity index (χ3n) is 6.26. The fourth-order valence-electron chi connectivity index (χ4n) is 4.68. The highest BCUT2D eigenvalue weighted by atomic mass is 16.5. The number of furan rings is 1. The summed E-state index contributed by atoms with van der Waals surface area (Å²) in [5.74, 6) is 0.313. The minimum Gasteiger partial charge on any atom is -0.507 e. The van der Waals surface area contributed by atoms with Crippen LogP contribution in [0.5, 0.6) is 11.5 Å². The monoisotopic (exact) mass is 473 g/mol. The summed E-state index contributed by atoms with van der Waals surface area (Å²) in [6.45, 7) is 4.64. The molecule has 2 aliphatic heterocycles. The van der Waals surface area contributed by atoms with Crippen molar-refractivity contribution in [2.45, 2.75) is 45.4 Å². The Bertz CT molecular complexity index is 1290. The number of Topliss-reactive ketones (excluding diaryl/α,β-unsaturated/α-hetero) is 1. The number of aliphatic hydroxyl groups is 1. The first-order valence-corrected chi connectivity index (χ1v) is 11.8. The molecule has 2 aromatic carbocycles. The third kappa shape index (κ3) is 4.30. The van der Waals surface area contributed by atoms with Crippen molar-refractivity contribution in [2.24, 2.45) is 0 Å². The van der Waals surface area contributed by atoms with Gasteiger partial charge < -0.3 is 23.9 Å². The average Bonchev–Trinajstić information content (AvgIpc) is 3.56. The van der Waals surface area contributed by atoms with Gasteiger partial charge in [0.15, 0.2) is 0 Å². The SMILES string of the molecule is CCCOc1cccc([C@H]2C(=C(O)c3ccc4c(c3)C[C@H](C)O4)C(=O)C(=O)N2Cc2ccco2)c1. The highest BCUT2D eigenvalue weighted by molar-refractivity contribution is 6.46. The van der Waals surface area contributed by atoms with Gasteiger partial charge in [-0.1, -0.05) is 19.1 Å². The van der Waals surface area contributed by atoms with Crippen LogP contribution in [0.4, 0.5) is 0 Å². The fourth-order valence-corrected chi connectivity index (χ4v) is 4.68. The van der Waals surface area contributed by atoms with Crippen LogP contribution in [-0.2, 0) is 22.6 Å². The molecule has 5 rings (SSSR count). The molecule has 1 saturated heterocycles. The van der Waals surface area contributed by atoms with Gasteiger partial charge in [-0.3, -0.25) is 9.59 Å². The summed E-state index contributed by atoms with van der Waals surface area (Å²) in [6.07, 6.45) is 3.13. The number of ketones is 1. The highest BCUT2D eigenvalue weighted by Crippen LogP contribution is 2.42. The van der Waals surface area contributed by atoms with Crippen LogP contribution >= 0.6 is 0 Å². The van der Waals surface area contributed by atoms with Crippen molar-refractivity contribution in [3.8, 4) is 11.5 Å². The molecule has 7 nitrogen and oxygen atoms in total. The molecular weight excluding hydrogens is 446 g/mol. The number of carbonyl (C=O) groups excluding carboxylic acids is 2. The van der Waals surface area contributed by atoms with Crippen LogP contribution in [0.3, 0.4) is 0 Å². The van der Waals surface area contributed by atoms with E-state index in [2.05, 4.69) is 0 Å². The maximum Gasteiger partial charge on any atom is 0.296 e. The predicted octanol–water partition coefficient (Wildman–Crippen LogP) is 5.01. The van der Waals surface area contributed by atoms with Crippen molar-refractivity contribution in [3.05, 3.63) is 88.9 Å². The Morgan fingerprint density at radius 2 is 2.00 bits per heavy atom. The first-order chi connectivity index (χ1) is 17.0. The topological polar surface area (TPSA) is 89.2 Å². The molecule has 0 radical (unpaired) electrons. The van der Waals surface area contributed by atoms with Crippen molar-refractivity contribution in [3.63, 3.8) is 0 Å². The summed E-state index contributed by atoms with van der Waals surface area (Å²) in [5.41, 5.74) is 2.14. The van der Waals surface area contributed by atoms with E-state index in [0.29, 0.717) is 35.7 Å². The number of hydrogen-bond acceptors (Lipinski definition) is 6. The van der Waals surface area contributed by atoms with Crippen LogP contribution in [0, 0.1) is 0 Å². The Morgan fingerprint density at radius 1 is 1.14 bits per heavy atom. The first-order valence-electron chi connectivity index (χ1n) is 11.8. The van der Waals surface area contributed by atoms with E-state index in [0.717, 1.165) is 17.7 Å². The lowest BCUT2D eigenvalue weighted by Crippen LogP contribution is -2.29. The molecule has 35 heavy (non-hydrogen) atoms. The fraction of sp³-hybridized carbons (Fsp3) is 0.286. The zero-order chi connectivity index (χ0) is 24.5. The lowest BCUT2D eigenvalue weighted by Gasteiger charge is -2.25. The minimum atomic E-state index is -0.797. The smallest absolute Gasteiger partial charge is 0.296 e. The Balaban J connectivity index is 1.61. The molecule has 1 fully saturated rings. The Hall–Kier alpha value is -4.00. The van der Waals surface area contributed by atoms with E-state index in [1.54, 1.807) is 24.3 Å². The molecule has 0 spiro atoms. The van der Waals surface area contributed by atoms with Crippen molar-refractivity contribution in [1.29, 1.82) is 0 Å². The molecule has 3 heterocycles. The number of aliphatic hydroxyl groups excluding tert-OH is 1. The van der Waals surface area contributed by atoms with Crippen LogP contribution in [0.25, 0.3) is 5.76 Å². The highest BCUT2D eigenvalue weighted by Gasteiger charge is 2.46. The lowest BCUT2D eigenvalue weighted by molar-refractivity contribution is -0.140. The molecule has 0 aliphatic carbocycles. The Labute approximate surface area is 203 Å². The van der Waals surface area contributed by atoms with Crippen molar-refractivity contribution >= 4 is 17.4 Å². The molecule has 7 heteroatoms. The van der Waals surface area contributed by atoms with Gasteiger partial charge in [-0.25, -0.2) is 0 Å². The number of rotatable bonds is 7. The number of amides is 1. The molecule has 1 aromatic heterocycles. The van der Waals surface area contributed by atoms with Gasteiger partial charge in [-0.2, -0.15) is 0 Å². The van der Waals surface area contributed by atoms with E-state index in [1.807, 2.05) is 44.2 Å². The van der Waals surface area contributed by atoms with E-state index in [9.17, 15) is 14.7 Å². The van der Waals surface area contributed by atoms with Gasteiger partial charge in [-0.05, 0) is 66.9 Å². The summed E-state index contributed by atoms with van der Waals surface area (Å²) in [7, 11) is 0. The number of carbonyl (C=O) groups is 2. The first kappa shape index (κ1) is 22.8. The molecule has 1 N–H and O–H groups in total. The van der Waals surface area contributed by atoms with Gasteiger partial charge in [-0.15, -0.1) is 0 Å². The number of likely N-dealkylation sites (tertiary alicyclic amines) is 1. The van der Waals surface area contributed by atoms with Crippen LogP contribution in [0.2, 0.25) is 0 Å². The van der Waals surface area contributed by atoms with Gasteiger partial charge in [0, 0.05) is 12.0 Å². The normalized spacial score (nSPS) is 20.7. The molecule has 2 aliphatic rings. The molecule has 0 bridgehead atoms. The summed E-state index contributed by atoms with van der Waals surface area (Å²) >= 11 is 0. The average molecular weight is 474 g/mol. The van der Waals surface area contributed by atoms with E-state index >= 15 is 0 Å². The quantitative estimate of drug-likeness (QED) is 0.295. The van der Waals surface area contributed by atoms with E-state index in [4.69, 9.17) is 13.9 Å². The molecule has 0 saturated carbocycles. The van der Waals surface area contributed by atoms with E-state index in [1.165, 1.54) is 11.2 Å². The van der Waals surface area contributed by atoms with Gasteiger partial charge in [0.25, 0.3) is 11.7 Å². The van der Waals surface area contributed by atoms with Crippen LogP contribution < -0.4 is 9.47 Å². The van der Waals surface area contributed by atoms with E-state index < -0.39 is 17.7 Å².